The van der Waals surface area contributed by atoms with Gasteiger partial charge >= 0.3 is 0 Å². The first-order valence-corrected chi connectivity index (χ1v) is 7.54. The lowest BCUT2D eigenvalue weighted by atomic mass is 9.73. The fourth-order valence-electron chi connectivity index (χ4n) is 2.94. The topological polar surface area (TPSA) is 64.4 Å². The molecule has 1 fully saturated rings. The molecule has 1 aromatic heterocycles. The lowest BCUT2D eigenvalue weighted by molar-refractivity contribution is -0.130. The van der Waals surface area contributed by atoms with Gasteiger partial charge in [-0.3, -0.25) is 4.79 Å². The Labute approximate surface area is 129 Å². The van der Waals surface area contributed by atoms with E-state index in [-0.39, 0.29) is 5.91 Å². The quantitative estimate of drug-likeness (QED) is 0.941. The third-order valence-electron chi connectivity index (χ3n) is 4.37. The fourth-order valence-corrected chi connectivity index (χ4v) is 2.94. The summed E-state index contributed by atoms with van der Waals surface area (Å²) in [6, 6.07) is 9.95. The molecule has 1 N–H and O–H groups in total. The van der Waals surface area contributed by atoms with E-state index in [2.05, 4.69) is 10.5 Å². The molecule has 1 saturated heterocycles. The summed E-state index contributed by atoms with van der Waals surface area (Å²) < 4.78 is 10.4. The Hall–Kier alpha value is -2.14. The summed E-state index contributed by atoms with van der Waals surface area (Å²) in [6.07, 6.45) is 2.98. The normalized spacial score (nSPS) is 17.1. The molecular formula is C17H20N2O3. The maximum atomic E-state index is 12.9. The minimum Gasteiger partial charge on any atom is -0.381 e. The molecule has 1 aromatic carbocycles. The van der Waals surface area contributed by atoms with Crippen LogP contribution < -0.4 is 5.32 Å². The van der Waals surface area contributed by atoms with Crippen molar-refractivity contribution in [2.75, 3.05) is 13.2 Å². The lowest BCUT2D eigenvalue weighted by Crippen LogP contribution is -2.47. The molecule has 116 valence electrons. The monoisotopic (exact) mass is 300 g/mol. The number of hydrogen-bond donors (Lipinski definition) is 1. The van der Waals surface area contributed by atoms with Crippen molar-refractivity contribution in [1.82, 2.24) is 10.5 Å². The maximum absolute atomic E-state index is 12.9. The molecular weight excluding hydrogens is 280 g/mol. The first kappa shape index (κ1) is 14.8. The summed E-state index contributed by atoms with van der Waals surface area (Å²) in [5.74, 6) is 0.0319. The molecule has 2 aromatic rings. The molecule has 1 aliphatic heterocycles. The zero-order valence-corrected chi connectivity index (χ0v) is 12.7. The number of ether oxygens (including phenoxy) is 1. The molecule has 2 heterocycles. The number of rotatable bonds is 4. The van der Waals surface area contributed by atoms with E-state index in [0.717, 1.165) is 16.8 Å². The molecule has 0 spiro atoms. The highest BCUT2D eigenvalue weighted by Gasteiger charge is 2.41. The summed E-state index contributed by atoms with van der Waals surface area (Å²) in [6.45, 7) is 3.51. The van der Waals surface area contributed by atoms with Crippen LogP contribution in [0.15, 0.2) is 41.1 Å². The predicted octanol–water partition coefficient (Wildman–Crippen LogP) is 2.35. The average Bonchev–Trinajstić information content (AvgIpc) is 2.99. The van der Waals surface area contributed by atoms with E-state index >= 15 is 0 Å². The van der Waals surface area contributed by atoms with Gasteiger partial charge < -0.3 is 14.6 Å². The van der Waals surface area contributed by atoms with Gasteiger partial charge in [0, 0.05) is 18.8 Å². The number of aromatic nitrogens is 1. The van der Waals surface area contributed by atoms with Crippen molar-refractivity contribution in [2.24, 2.45) is 0 Å². The van der Waals surface area contributed by atoms with E-state index in [4.69, 9.17) is 9.26 Å². The van der Waals surface area contributed by atoms with Crippen LogP contribution in [0.4, 0.5) is 0 Å². The Morgan fingerprint density at radius 2 is 2.00 bits per heavy atom. The van der Waals surface area contributed by atoms with Crippen LogP contribution in [0.3, 0.4) is 0 Å². The summed E-state index contributed by atoms with van der Waals surface area (Å²) in [5.41, 5.74) is 2.24. The van der Waals surface area contributed by atoms with E-state index in [9.17, 15) is 4.79 Å². The van der Waals surface area contributed by atoms with Crippen molar-refractivity contribution in [1.29, 1.82) is 0 Å². The Morgan fingerprint density at radius 1 is 1.27 bits per heavy atom. The number of amides is 1. The van der Waals surface area contributed by atoms with E-state index in [0.29, 0.717) is 32.6 Å². The van der Waals surface area contributed by atoms with Crippen molar-refractivity contribution < 1.29 is 14.1 Å². The molecule has 1 amide bonds. The maximum Gasteiger partial charge on any atom is 0.231 e. The van der Waals surface area contributed by atoms with Gasteiger partial charge in [0.2, 0.25) is 5.91 Å². The first-order valence-electron chi connectivity index (χ1n) is 7.54. The zero-order chi connectivity index (χ0) is 15.4. The summed E-state index contributed by atoms with van der Waals surface area (Å²) in [4.78, 5) is 12.9. The van der Waals surface area contributed by atoms with Crippen LogP contribution in [0.1, 0.15) is 29.7 Å². The molecule has 3 rings (SSSR count). The van der Waals surface area contributed by atoms with Gasteiger partial charge in [-0.15, -0.1) is 0 Å². The number of nitrogens with one attached hydrogen (secondary N) is 1. The molecule has 0 bridgehead atoms. The van der Waals surface area contributed by atoms with Gasteiger partial charge in [-0.2, -0.15) is 0 Å². The third kappa shape index (κ3) is 2.76. The van der Waals surface area contributed by atoms with E-state index < -0.39 is 5.41 Å². The van der Waals surface area contributed by atoms with E-state index in [1.165, 1.54) is 0 Å². The van der Waals surface area contributed by atoms with Crippen molar-refractivity contribution >= 4 is 5.91 Å². The first-order chi connectivity index (χ1) is 10.7. The van der Waals surface area contributed by atoms with Crippen LogP contribution in [0.25, 0.3) is 0 Å². The van der Waals surface area contributed by atoms with Crippen LogP contribution in [0.5, 0.6) is 0 Å². The summed E-state index contributed by atoms with van der Waals surface area (Å²) in [7, 11) is 0. The number of carbonyl (C=O) groups is 1. The SMILES string of the molecule is Cc1conc1CNC(=O)C1(c2ccccc2)CCOCC1. The highest BCUT2D eigenvalue weighted by molar-refractivity contribution is 5.88. The minimum atomic E-state index is -0.517. The molecule has 0 radical (unpaired) electrons. The second-order valence-corrected chi connectivity index (χ2v) is 5.69. The van der Waals surface area contributed by atoms with Crippen LogP contribution in [-0.4, -0.2) is 24.3 Å². The highest BCUT2D eigenvalue weighted by atomic mass is 16.5. The number of carbonyl (C=O) groups excluding carboxylic acids is 1. The van der Waals surface area contributed by atoms with Crippen molar-refractivity contribution in [3.8, 4) is 0 Å². The average molecular weight is 300 g/mol. The minimum absolute atomic E-state index is 0.0319. The molecule has 0 atom stereocenters. The predicted molar refractivity (Wildman–Crippen MR) is 81.3 cm³/mol. The molecule has 5 nitrogen and oxygen atoms in total. The second kappa shape index (κ2) is 6.32. The molecule has 0 saturated carbocycles. The number of hydrogen-bond acceptors (Lipinski definition) is 4. The Morgan fingerprint density at radius 3 is 2.64 bits per heavy atom. The standard InChI is InChI=1S/C17H20N2O3/c1-13-12-22-19-15(13)11-18-16(20)17(7-9-21-10-8-17)14-5-3-2-4-6-14/h2-6,12H,7-11H2,1H3,(H,18,20). The van der Waals surface area contributed by atoms with Crippen LogP contribution in [0.2, 0.25) is 0 Å². The second-order valence-electron chi connectivity index (χ2n) is 5.69. The van der Waals surface area contributed by atoms with Gasteiger partial charge in [0.25, 0.3) is 0 Å². The van der Waals surface area contributed by atoms with Crippen molar-refractivity contribution in [3.63, 3.8) is 0 Å². The van der Waals surface area contributed by atoms with Gasteiger partial charge in [0.15, 0.2) is 0 Å². The summed E-state index contributed by atoms with van der Waals surface area (Å²) in [5, 5.41) is 6.93. The Kier molecular flexibility index (Phi) is 4.24. The van der Waals surface area contributed by atoms with Crippen LogP contribution in [0, 0.1) is 6.92 Å². The summed E-state index contributed by atoms with van der Waals surface area (Å²) >= 11 is 0. The smallest absolute Gasteiger partial charge is 0.231 e. The Balaban J connectivity index is 1.80. The van der Waals surface area contributed by atoms with Crippen LogP contribution >= 0.6 is 0 Å². The van der Waals surface area contributed by atoms with Gasteiger partial charge in [0.05, 0.1) is 12.0 Å². The molecule has 0 aliphatic carbocycles. The van der Waals surface area contributed by atoms with Gasteiger partial charge in [-0.25, -0.2) is 0 Å². The van der Waals surface area contributed by atoms with E-state index in [1.54, 1.807) is 6.26 Å². The van der Waals surface area contributed by atoms with E-state index in [1.807, 2.05) is 37.3 Å². The molecule has 0 unspecified atom stereocenters. The fraction of sp³-hybridized carbons (Fsp3) is 0.412. The van der Waals surface area contributed by atoms with Gasteiger partial charge in [-0.05, 0) is 25.3 Å². The zero-order valence-electron chi connectivity index (χ0n) is 12.7. The lowest BCUT2D eigenvalue weighted by Gasteiger charge is -2.36. The molecule has 22 heavy (non-hydrogen) atoms. The van der Waals surface area contributed by atoms with Gasteiger partial charge in [0.1, 0.15) is 12.0 Å². The largest absolute Gasteiger partial charge is 0.381 e. The van der Waals surface area contributed by atoms with Crippen molar-refractivity contribution in [2.45, 2.75) is 31.7 Å². The van der Waals surface area contributed by atoms with Crippen molar-refractivity contribution in [3.05, 3.63) is 53.4 Å². The highest BCUT2D eigenvalue weighted by Crippen LogP contribution is 2.35. The third-order valence-corrected chi connectivity index (χ3v) is 4.37. The number of aryl methyl sites for hydroxylation is 1. The Bertz CT molecular complexity index is 630. The number of nitrogens with zero attached hydrogens (tertiary/aromatic N) is 1. The number of benzene rings is 1. The molecule has 1 aliphatic rings. The van der Waals surface area contributed by atoms with Crippen LogP contribution in [-0.2, 0) is 21.5 Å². The molecule has 5 heteroatoms. The van der Waals surface area contributed by atoms with Gasteiger partial charge in [-0.1, -0.05) is 35.5 Å².